The number of aryl methyl sites for hydroxylation is 2. The number of allylic oxidation sites excluding steroid dienone is 1. The number of amidine groups is 1. The summed E-state index contributed by atoms with van der Waals surface area (Å²) in [6, 6.07) is -0.0486. The van der Waals surface area contributed by atoms with Crippen LogP contribution in [-0.4, -0.2) is 71.7 Å². The van der Waals surface area contributed by atoms with Gasteiger partial charge in [-0.05, 0) is 51.3 Å². The maximum absolute atomic E-state index is 13.0. The van der Waals surface area contributed by atoms with Crippen molar-refractivity contribution in [2.45, 2.75) is 59.9 Å². The number of rotatable bonds is 9. The number of nitrogens with two attached hydrogens (primary N) is 1. The zero-order chi connectivity index (χ0) is 27.3. The van der Waals surface area contributed by atoms with E-state index in [-0.39, 0.29) is 75.1 Å². The minimum absolute atomic E-state index is 0. The van der Waals surface area contributed by atoms with Crippen molar-refractivity contribution < 1.29 is 61.0 Å². The van der Waals surface area contributed by atoms with Gasteiger partial charge in [0.1, 0.15) is 10.7 Å². The molecule has 1 aromatic heterocycles. The molecule has 2 aliphatic heterocycles. The summed E-state index contributed by atoms with van der Waals surface area (Å²) in [6.07, 6.45) is 4.49. The fourth-order valence-electron chi connectivity index (χ4n) is 4.73. The first kappa shape index (κ1) is 32.5. The third kappa shape index (κ3) is 7.92. The van der Waals surface area contributed by atoms with Crippen LogP contribution in [0.1, 0.15) is 60.4 Å². The van der Waals surface area contributed by atoms with Gasteiger partial charge in [0.25, 0.3) is 5.91 Å². The van der Waals surface area contributed by atoms with E-state index >= 15 is 0 Å². The minimum Gasteiger partial charge on any atom is -0.468 e. The maximum atomic E-state index is 13.0. The van der Waals surface area contributed by atoms with Crippen molar-refractivity contribution >= 4 is 29.0 Å². The van der Waals surface area contributed by atoms with Crippen LogP contribution in [0.3, 0.4) is 0 Å². The van der Waals surface area contributed by atoms with E-state index in [0.29, 0.717) is 35.9 Å². The van der Waals surface area contributed by atoms with Gasteiger partial charge in [-0.15, -0.1) is 11.3 Å². The molecule has 2 amide bonds. The largest absolute Gasteiger partial charge is 1.00 e. The normalized spacial score (nSPS) is 18.6. The fourth-order valence-corrected chi connectivity index (χ4v) is 5.56. The van der Waals surface area contributed by atoms with Gasteiger partial charge in [-0.25, -0.2) is 4.98 Å². The second-order valence-corrected chi connectivity index (χ2v) is 10.7. The quantitative estimate of drug-likeness (QED) is 0.145. The van der Waals surface area contributed by atoms with Gasteiger partial charge in [0.05, 0.1) is 10.7 Å². The Morgan fingerprint density at radius 1 is 1.29 bits per heavy atom. The van der Waals surface area contributed by atoms with E-state index < -0.39 is 0 Å². The molecular weight excluding hydrogens is 528 g/mol. The molecule has 5 N–H and O–H groups in total. The summed E-state index contributed by atoms with van der Waals surface area (Å²) < 4.78 is 0. The van der Waals surface area contributed by atoms with Gasteiger partial charge in [-0.2, -0.15) is 0 Å². The van der Waals surface area contributed by atoms with Gasteiger partial charge in [0, 0.05) is 50.4 Å². The van der Waals surface area contributed by atoms with Gasteiger partial charge in [0.2, 0.25) is 5.91 Å². The number of likely N-dealkylation sites (tertiary alicyclic amines) is 1. The standard InChI is InChI=1S/C26H40N8O2S.K/c1-7-15(2)22(21(24(27)28)25(29-6)31-20-10-12-33(13-20)18(5)35)34-11-8-9-19(14-34)32-26(36)23-16(3)30-17(4)37-23;/h10,19H,7-9,11-14H2,1-6H3,(H6,27,28,29,31,32,36);/q;+1/p-1. The SMILES string of the molecule is CCC(C)=C(/C(C(=N)N)=C(/[N-]C)NC1=CCN(C(C)=O)C1)N1CCCC(NC(=O)c2sc(C)nc2C)C1.[K+]. The minimum atomic E-state index is -0.0934. The second-order valence-electron chi connectivity index (χ2n) is 9.50. The molecule has 10 nitrogen and oxygen atoms in total. The van der Waals surface area contributed by atoms with Crippen molar-refractivity contribution in [3.63, 3.8) is 0 Å². The monoisotopic (exact) mass is 566 g/mol. The average molecular weight is 567 g/mol. The van der Waals surface area contributed by atoms with E-state index in [1.54, 1.807) is 18.9 Å². The molecule has 3 heterocycles. The number of carbonyl (C=O) groups excluding carboxylic acids is 2. The number of thiazole rings is 1. The van der Waals surface area contributed by atoms with Crippen LogP contribution in [0.5, 0.6) is 0 Å². The van der Waals surface area contributed by atoms with E-state index in [0.717, 1.165) is 53.5 Å². The van der Waals surface area contributed by atoms with Crippen LogP contribution in [-0.2, 0) is 4.79 Å². The average Bonchev–Trinajstić information content (AvgIpc) is 3.46. The molecule has 38 heavy (non-hydrogen) atoms. The van der Waals surface area contributed by atoms with E-state index in [4.69, 9.17) is 11.1 Å². The first-order valence-electron chi connectivity index (χ1n) is 12.7. The molecule has 0 radical (unpaired) electrons. The smallest absolute Gasteiger partial charge is 0.468 e. The Hall–Kier alpha value is -1.70. The molecule has 202 valence electrons. The van der Waals surface area contributed by atoms with E-state index in [1.807, 2.05) is 26.8 Å². The van der Waals surface area contributed by atoms with Crippen molar-refractivity contribution in [1.29, 1.82) is 5.41 Å². The number of nitrogens with one attached hydrogen (secondary N) is 3. The van der Waals surface area contributed by atoms with Gasteiger partial charge in [-0.3, -0.25) is 15.0 Å². The Morgan fingerprint density at radius 2 is 2.00 bits per heavy atom. The topological polar surface area (TPSA) is 142 Å². The molecule has 0 spiro atoms. The van der Waals surface area contributed by atoms with Crippen molar-refractivity contribution in [3.8, 4) is 0 Å². The van der Waals surface area contributed by atoms with Crippen molar-refractivity contribution in [2.24, 2.45) is 5.73 Å². The number of nitrogens with zero attached hydrogens (tertiary/aromatic N) is 4. The summed E-state index contributed by atoms with van der Waals surface area (Å²) in [7, 11) is 1.67. The molecule has 1 aromatic rings. The summed E-state index contributed by atoms with van der Waals surface area (Å²) >= 11 is 1.41. The van der Waals surface area contributed by atoms with Gasteiger partial charge < -0.3 is 31.5 Å². The first-order chi connectivity index (χ1) is 17.5. The predicted molar refractivity (Wildman–Crippen MR) is 148 cm³/mol. The number of carbonyl (C=O) groups is 2. The molecule has 3 rings (SSSR count). The number of aromatic nitrogens is 1. The van der Waals surface area contributed by atoms with Gasteiger partial charge in [-0.1, -0.05) is 25.9 Å². The number of piperidine rings is 1. The molecule has 0 saturated carbocycles. The molecule has 1 atom stereocenters. The fraction of sp³-hybridized carbons (Fsp3) is 0.538. The van der Waals surface area contributed by atoms with Crippen LogP contribution in [0.15, 0.2) is 34.4 Å². The molecule has 2 aliphatic rings. The van der Waals surface area contributed by atoms with Crippen LogP contribution in [0, 0.1) is 19.3 Å². The van der Waals surface area contributed by atoms with Crippen molar-refractivity contribution in [1.82, 2.24) is 25.4 Å². The molecule has 0 bridgehead atoms. The Morgan fingerprint density at radius 3 is 2.53 bits per heavy atom. The van der Waals surface area contributed by atoms with Crippen molar-refractivity contribution in [2.75, 3.05) is 33.2 Å². The summed E-state index contributed by atoms with van der Waals surface area (Å²) in [5.74, 6) is 0.323. The molecule has 1 saturated heterocycles. The summed E-state index contributed by atoms with van der Waals surface area (Å²) in [5.41, 5.74) is 10.3. The molecule has 12 heteroatoms. The predicted octanol–water partition coefficient (Wildman–Crippen LogP) is 0.129. The third-order valence-electron chi connectivity index (χ3n) is 6.73. The second kappa shape index (κ2) is 14.6. The number of amides is 2. The van der Waals surface area contributed by atoms with Crippen LogP contribution in [0.2, 0.25) is 0 Å². The molecular formula is C26H39KN8O2S. The van der Waals surface area contributed by atoms with Crippen molar-refractivity contribution in [3.05, 3.63) is 55.3 Å². The Bertz CT molecular complexity index is 1160. The molecule has 1 unspecified atom stereocenters. The van der Waals surface area contributed by atoms with E-state index in [1.165, 1.54) is 11.3 Å². The summed E-state index contributed by atoms with van der Waals surface area (Å²) in [6.45, 7) is 11.8. The first-order valence-corrected chi connectivity index (χ1v) is 13.5. The zero-order valence-corrected chi connectivity index (χ0v) is 27.6. The van der Waals surface area contributed by atoms with Crippen LogP contribution in [0.4, 0.5) is 0 Å². The van der Waals surface area contributed by atoms with Crippen LogP contribution in [0.25, 0.3) is 5.32 Å². The Kier molecular flexibility index (Phi) is 12.5. The summed E-state index contributed by atoms with van der Waals surface area (Å²) in [5, 5.41) is 20.3. The van der Waals surface area contributed by atoms with Gasteiger partial charge >= 0.3 is 51.4 Å². The molecule has 0 aliphatic carbocycles. The number of hydrogen-bond acceptors (Lipinski definition) is 7. The van der Waals surface area contributed by atoms with E-state index in [9.17, 15) is 9.59 Å². The third-order valence-corrected chi connectivity index (χ3v) is 7.80. The summed E-state index contributed by atoms with van der Waals surface area (Å²) in [4.78, 5) is 33.7. The van der Waals surface area contributed by atoms with Crippen LogP contribution >= 0.6 is 11.3 Å². The molecule has 0 aromatic carbocycles. The maximum Gasteiger partial charge on any atom is 1.00 e. The van der Waals surface area contributed by atoms with E-state index in [2.05, 4.69) is 32.8 Å². The Balaban J connectivity index is 0.00000507. The molecule has 1 fully saturated rings. The Labute approximate surface area is 272 Å². The zero-order valence-electron chi connectivity index (χ0n) is 23.7. The number of hydrogen-bond donors (Lipinski definition) is 4. The van der Waals surface area contributed by atoms with Gasteiger partial charge in [0.15, 0.2) is 0 Å². The van der Waals surface area contributed by atoms with Crippen LogP contribution < -0.4 is 67.8 Å².